The molecule has 2 rings (SSSR count). The van der Waals surface area contributed by atoms with Gasteiger partial charge in [-0.25, -0.2) is 0 Å². The summed E-state index contributed by atoms with van der Waals surface area (Å²) in [4.78, 5) is 27.1. The zero-order valence-electron chi connectivity index (χ0n) is 12.2. The molecule has 0 atom stereocenters. The van der Waals surface area contributed by atoms with Crippen molar-refractivity contribution in [1.82, 2.24) is 4.90 Å². The summed E-state index contributed by atoms with van der Waals surface area (Å²) in [5, 5.41) is 0. The molecule has 0 aromatic heterocycles. The van der Waals surface area contributed by atoms with Gasteiger partial charge in [-0.05, 0) is 36.6 Å². The van der Waals surface area contributed by atoms with Gasteiger partial charge in [-0.1, -0.05) is 0 Å². The van der Waals surface area contributed by atoms with Crippen molar-refractivity contribution in [3.63, 3.8) is 0 Å². The maximum absolute atomic E-state index is 12.3. The lowest BCUT2D eigenvalue weighted by Gasteiger charge is -2.28. The molecule has 0 radical (unpaired) electrons. The van der Waals surface area contributed by atoms with Crippen LogP contribution in [0, 0.1) is 0 Å². The highest BCUT2D eigenvalue weighted by molar-refractivity contribution is 5.96. The smallest absolute Gasteiger partial charge is 0.325 e. The number of likely N-dealkylation sites (N-methyl/N-ethyl adjacent to an activating group) is 1. The maximum Gasteiger partial charge on any atom is 0.325 e. The van der Waals surface area contributed by atoms with Crippen LogP contribution in [0.4, 0.5) is 5.69 Å². The number of methoxy groups -OCH3 is 1. The van der Waals surface area contributed by atoms with Crippen LogP contribution in [-0.2, 0) is 16.0 Å². The van der Waals surface area contributed by atoms with Crippen LogP contribution in [-0.4, -0.2) is 51.1 Å². The molecule has 0 fully saturated rings. The van der Waals surface area contributed by atoms with Crippen molar-refractivity contribution in [2.75, 3.05) is 39.2 Å². The lowest BCUT2D eigenvalue weighted by Crippen LogP contribution is -2.33. The highest BCUT2D eigenvalue weighted by Gasteiger charge is 2.19. The van der Waals surface area contributed by atoms with E-state index in [2.05, 4.69) is 16.7 Å². The predicted molar refractivity (Wildman–Crippen MR) is 77.0 cm³/mol. The Morgan fingerprint density at radius 3 is 2.85 bits per heavy atom. The molecule has 0 bridgehead atoms. The summed E-state index contributed by atoms with van der Waals surface area (Å²) in [6.45, 7) is 1.01. The summed E-state index contributed by atoms with van der Waals surface area (Å²) >= 11 is 0. The third-order valence-corrected chi connectivity index (χ3v) is 3.62. The third kappa shape index (κ3) is 2.92. The lowest BCUT2D eigenvalue weighted by molar-refractivity contribution is -0.141. The lowest BCUT2D eigenvalue weighted by atomic mass is 9.99. The molecule has 1 aromatic rings. The molecule has 5 nitrogen and oxygen atoms in total. The van der Waals surface area contributed by atoms with E-state index >= 15 is 0 Å². The van der Waals surface area contributed by atoms with Gasteiger partial charge in [0.25, 0.3) is 5.91 Å². The number of hydrogen-bond acceptors (Lipinski definition) is 4. The van der Waals surface area contributed by atoms with Crippen molar-refractivity contribution < 1.29 is 14.3 Å². The number of ether oxygens (including phenoxy) is 1. The molecule has 0 aliphatic carbocycles. The number of benzene rings is 1. The molecule has 1 heterocycles. The molecule has 5 heteroatoms. The first kappa shape index (κ1) is 14.4. The largest absolute Gasteiger partial charge is 0.468 e. The molecule has 1 aromatic carbocycles. The Labute approximate surface area is 119 Å². The second kappa shape index (κ2) is 5.94. The second-order valence-corrected chi connectivity index (χ2v) is 5.11. The fourth-order valence-corrected chi connectivity index (χ4v) is 2.47. The molecule has 0 spiro atoms. The third-order valence-electron chi connectivity index (χ3n) is 3.62. The van der Waals surface area contributed by atoms with E-state index in [9.17, 15) is 9.59 Å². The Kier molecular flexibility index (Phi) is 4.27. The fourth-order valence-electron chi connectivity index (χ4n) is 2.47. The standard InChI is InChI=1S/C15H20N2O3/c1-16-8-4-5-11-9-12(6-7-13(11)16)15(19)17(2)10-14(18)20-3/h6-7,9H,4-5,8,10H2,1-3H3. The first-order chi connectivity index (χ1) is 9.52. The average molecular weight is 276 g/mol. The number of fused-ring (bicyclic) bond motifs is 1. The zero-order valence-corrected chi connectivity index (χ0v) is 12.2. The Hall–Kier alpha value is -2.04. The van der Waals surface area contributed by atoms with Crippen molar-refractivity contribution in [3.8, 4) is 0 Å². The molecule has 1 aliphatic rings. The van der Waals surface area contributed by atoms with Crippen LogP contribution >= 0.6 is 0 Å². The molecule has 0 N–H and O–H groups in total. The number of carbonyl (C=O) groups is 2. The maximum atomic E-state index is 12.3. The Balaban J connectivity index is 2.17. The van der Waals surface area contributed by atoms with E-state index in [1.54, 1.807) is 7.05 Å². The number of esters is 1. The van der Waals surface area contributed by atoms with Gasteiger partial charge in [0, 0.05) is 31.9 Å². The van der Waals surface area contributed by atoms with Crippen molar-refractivity contribution in [3.05, 3.63) is 29.3 Å². The summed E-state index contributed by atoms with van der Waals surface area (Å²) in [5.41, 5.74) is 2.99. The van der Waals surface area contributed by atoms with Crippen LogP contribution in [0.5, 0.6) is 0 Å². The highest BCUT2D eigenvalue weighted by Crippen LogP contribution is 2.27. The molecule has 0 unspecified atom stereocenters. The summed E-state index contributed by atoms with van der Waals surface area (Å²) in [6, 6.07) is 5.73. The minimum absolute atomic E-state index is 0.0354. The molecular formula is C15H20N2O3. The monoisotopic (exact) mass is 276 g/mol. The SMILES string of the molecule is COC(=O)CN(C)C(=O)c1ccc2c(c1)CCCN2C. The van der Waals surface area contributed by atoms with Gasteiger partial charge in [0.2, 0.25) is 0 Å². The topological polar surface area (TPSA) is 49.9 Å². The number of anilines is 1. The van der Waals surface area contributed by atoms with Gasteiger partial charge in [-0.15, -0.1) is 0 Å². The van der Waals surface area contributed by atoms with Crippen LogP contribution in [0.1, 0.15) is 22.3 Å². The highest BCUT2D eigenvalue weighted by atomic mass is 16.5. The molecule has 1 amide bonds. The van der Waals surface area contributed by atoms with Crippen LogP contribution in [0.25, 0.3) is 0 Å². The number of carbonyl (C=O) groups excluding carboxylic acids is 2. The van der Waals surface area contributed by atoms with Gasteiger partial charge in [0.1, 0.15) is 6.54 Å². The summed E-state index contributed by atoms with van der Waals surface area (Å²) < 4.78 is 4.57. The van der Waals surface area contributed by atoms with Crippen molar-refractivity contribution in [2.24, 2.45) is 0 Å². The first-order valence-electron chi connectivity index (χ1n) is 6.69. The van der Waals surface area contributed by atoms with Gasteiger partial charge in [0.15, 0.2) is 0 Å². The second-order valence-electron chi connectivity index (χ2n) is 5.11. The predicted octanol–water partition coefficient (Wildman–Crippen LogP) is 1.31. The Morgan fingerprint density at radius 2 is 2.15 bits per heavy atom. The number of hydrogen-bond donors (Lipinski definition) is 0. The number of rotatable bonds is 3. The Bertz CT molecular complexity index is 528. The van der Waals surface area contributed by atoms with E-state index in [1.807, 2.05) is 18.2 Å². The minimum Gasteiger partial charge on any atom is -0.468 e. The van der Waals surface area contributed by atoms with E-state index in [1.165, 1.54) is 23.3 Å². The summed E-state index contributed by atoms with van der Waals surface area (Å²) in [5.74, 6) is -0.579. The number of nitrogens with zero attached hydrogens (tertiary/aromatic N) is 2. The van der Waals surface area contributed by atoms with Gasteiger partial charge < -0.3 is 14.5 Å². The van der Waals surface area contributed by atoms with E-state index in [0.717, 1.165) is 19.4 Å². The van der Waals surface area contributed by atoms with Gasteiger partial charge in [-0.3, -0.25) is 9.59 Å². The molecule has 1 aliphatic heterocycles. The van der Waals surface area contributed by atoms with Crippen LogP contribution in [0.2, 0.25) is 0 Å². The molecule has 20 heavy (non-hydrogen) atoms. The van der Waals surface area contributed by atoms with Gasteiger partial charge in [-0.2, -0.15) is 0 Å². The zero-order chi connectivity index (χ0) is 14.7. The van der Waals surface area contributed by atoms with E-state index < -0.39 is 5.97 Å². The van der Waals surface area contributed by atoms with E-state index in [4.69, 9.17) is 0 Å². The van der Waals surface area contributed by atoms with E-state index in [-0.39, 0.29) is 12.5 Å². The van der Waals surface area contributed by atoms with Crippen LogP contribution < -0.4 is 4.90 Å². The van der Waals surface area contributed by atoms with E-state index in [0.29, 0.717) is 5.56 Å². The first-order valence-corrected chi connectivity index (χ1v) is 6.69. The quantitative estimate of drug-likeness (QED) is 0.781. The molecule has 108 valence electrons. The van der Waals surface area contributed by atoms with Crippen molar-refractivity contribution in [1.29, 1.82) is 0 Å². The molecular weight excluding hydrogens is 256 g/mol. The molecule has 0 saturated carbocycles. The van der Waals surface area contributed by atoms with Crippen LogP contribution in [0.15, 0.2) is 18.2 Å². The summed E-state index contributed by atoms with van der Waals surface area (Å²) in [6.07, 6.45) is 2.08. The number of aryl methyl sites for hydroxylation is 1. The van der Waals surface area contributed by atoms with Gasteiger partial charge in [0.05, 0.1) is 7.11 Å². The van der Waals surface area contributed by atoms with Crippen molar-refractivity contribution >= 4 is 17.6 Å². The van der Waals surface area contributed by atoms with Crippen molar-refractivity contribution in [2.45, 2.75) is 12.8 Å². The van der Waals surface area contributed by atoms with Crippen LogP contribution in [0.3, 0.4) is 0 Å². The van der Waals surface area contributed by atoms with Gasteiger partial charge >= 0.3 is 5.97 Å². The average Bonchev–Trinajstić information content (AvgIpc) is 2.46. The number of amides is 1. The Morgan fingerprint density at radius 1 is 1.40 bits per heavy atom. The normalized spacial score (nSPS) is 13.7. The summed E-state index contributed by atoms with van der Waals surface area (Å²) in [7, 11) is 4.98. The molecule has 0 saturated heterocycles. The minimum atomic E-state index is -0.418. The fraction of sp³-hybridized carbons (Fsp3) is 0.467.